The number of halogens is 2. The largest absolute Gasteiger partial charge is 0.453 e. The van der Waals surface area contributed by atoms with Gasteiger partial charge in [-0.1, -0.05) is 19.9 Å². The first-order chi connectivity index (χ1) is 15.3. The predicted octanol–water partition coefficient (Wildman–Crippen LogP) is 2.91. The highest BCUT2D eigenvalue weighted by Crippen LogP contribution is 2.16. The summed E-state index contributed by atoms with van der Waals surface area (Å²) in [4.78, 5) is 37.6. The maximum atomic E-state index is 13.9. The second kappa shape index (κ2) is 10.5. The number of esters is 1. The average molecular weight is 483 g/mol. The number of hydrogen-bond acceptors (Lipinski definition) is 6. The van der Waals surface area contributed by atoms with Crippen LogP contribution in [0.3, 0.4) is 0 Å². The van der Waals surface area contributed by atoms with Crippen LogP contribution in [0.2, 0.25) is 0 Å². The van der Waals surface area contributed by atoms with Crippen LogP contribution in [0.4, 0.5) is 14.5 Å². The second-order valence-corrected chi connectivity index (χ2v) is 9.44. The third-order valence-corrected chi connectivity index (χ3v) is 5.14. The van der Waals surface area contributed by atoms with Crippen LogP contribution in [-0.4, -0.2) is 44.5 Å². The topological polar surface area (TPSA) is 119 Å². The predicted molar refractivity (Wildman–Crippen MR) is 117 cm³/mol. The Morgan fingerprint density at radius 1 is 0.939 bits per heavy atom. The van der Waals surface area contributed by atoms with E-state index in [-0.39, 0.29) is 11.3 Å². The lowest BCUT2D eigenvalue weighted by Gasteiger charge is -2.23. The zero-order chi connectivity index (χ0) is 24.9. The summed E-state index contributed by atoms with van der Waals surface area (Å²) in [6, 6.07) is 7.15. The fraction of sp³-hybridized carbons (Fsp3) is 0.318. The van der Waals surface area contributed by atoms with Gasteiger partial charge in [0.1, 0.15) is 23.2 Å². The maximum Gasteiger partial charge on any atom is 0.329 e. The summed E-state index contributed by atoms with van der Waals surface area (Å²) < 4.78 is 57.7. The van der Waals surface area contributed by atoms with Gasteiger partial charge in [-0.25, -0.2) is 22.0 Å². The fourth-order valence-electron chi connectivity index (χ4n) is 2.88. The van der Waals surface area contributed by atoms with Crippen LogP contribution < -0.4 is 10.0 Å². The number of amides is 1. The molecule has 0 aliphatic carbocycles. The first kappa shape index (κ1) is 25.9. The van der Waals surface area contributed by atoms with Crippen molar-refractivity contribution in [2.45, 2.75) is 32.9 Å². The summed E-state index contributed by atoms with van der Waals surface area (Å²) in [7, 11) is -3.48. The summed E-state index contributed by atoms with van der Waals surface area (Å²) in [6.07, 6.45) is -0.257. The lowest BCUT2D eigenvalue weighted by molar-refractivity contribution is -0.149. The summed E-state index contributed by atoms with van der Waals surface area (Å²) in [5, 5.41) is 2.26. The summed E-state index contributed by atoms with van der Waals surface area (Å²) >= 11 is 0. The van der Waals surface area contributed by atoms with E-state index in [2.05, 4.69) is 10.0 Å². The normalized spacial score (nSPS) is 13.2. The quantitative estimate of drug-likeness (QED) is 0.419. The van der Waals surface area contributed by atoms with Crippen molar-refractivity contribution in [3.05, 3.63) is 65.2 Å². The molecule has 0 spiro atoms. The van der Waals surface area contributed by atoms with E-state index < -0.39 is 62.9 Å². The number of Topliss-reactive ketones (excluding diaryl/α,β-unsaturated/α-hetero) is 1. The minimum absolute atomic E-state index is 0.160. The Hall–Kier alpha value is -3.34. The summed E-state index contributed by atoms with van der Waals surface area (Å²) in [5.74, 6) is -5.33. The van der Waals surface area contributed by atoms with Crippen LogP contribution in [0.25, 0.3) is 0 Å². The Balaban J connectivity index is 2.10. The molecule has 0 heterocycles. The Morgan fingerprint density at radius 2 is 1.48 bits per heavy atom. The van der Waals surface area contributed by atoms with Gasteiger partial charge >= 0.3 is 5.97 Å². The number of anilines is 1. The molecule has 2 aromatic rings. The fourth-order valence-corrected chi connectivity index (χ4v) is 3.44. The summed E-state index contributed by atoms with van der Waals surface area (Å²) in [6.45, 7) is 4.51. The highest BCUT2D eigenvalue weighted by Gasteiger charge is 2.31. The number of carbonyl (C=O) groups is 3. The SMILES string of the molecule is CC(OC(=O)C(NC(=O)c1c(F)cccc1F)C(C)C)C(=O)c1ccc(NS(C)(=O)=O)cc1. The number of sulfonamides is 1. The van der Waals surface area contributed by atoms with Gasteiger partial charge in [0.15, 0.2) is 6.10 Å². The highest BCUT2D eigenvalue weighted by atomic mass is 32.2. The van der Waals surface area contributed by atoms with E-state index in [1.54, 1.807) is 13.8 Å². The van der Waals surface area contributed by atoms with Crippen LogP contribution >= 0.6 is 0 Å². The van der Waals surface area contributed by atoms with Gasteiger partial charge < -0.3 is 10.1 Å². The molecule has 0 aromatic heterocycles. The zero-order valence-electron chi connectivity index (χ0n) is 18.4. The number of nitrogens with one attached hydrogen (secondary N) is 2. The van der Waals surface area contributed by atoms with Crippen LogP contribution in [0.15, 0.2) is 42.5 Å². The molecule has 0 bridgehead atoms. The first-order valence-electron chi connectivity index (χ1n) is 9.87. The number of ether oxygens (including phenoxy) is 1. The van der Waals surface area contributed by atoms with Crippen LogP contribution in [-0.2, 0) is 19.6 Å². The monoisotopic (exact) mass is 482 g/mol. The molecule has 0 aliphatic heterocycles. The molecule has 1 amide bonds. The van der Waals surface area contributed by atoms with Gasteiger partial charge in [0.05, 0.1) is 6.26 Å². The van der Waals surface area contributed by atoms with E-state index in [0.29, 0.717) is 0 Å². The number of benzene rings is 2. The minimum Gasteiger partial charge on any atom is -0.453 e. The van der Waals surface area contributed by atoms with Gasteiger partial charge in [-0.3, -0.25) is 14.3 Å². The number of ketones is 1. The molecule has 178 valence electrons. The van der Waals surface area contributed by atoms with Gasteiger partial charge in [-0.05, 0) is 49.2 Å². The number of carbonyl (C=O) groups excluding carboxylic acids is 3. The second-order valence-electron chi connectivity index (χ2n) is 7.69. The van der Waals surface area contributed by atoms with Gasteiger partial charge in [0.25, 0.3) is 5.91 Å². The Morgan fingerprint density at radius 3 is 1.97 bits per heavy atom. The van der Waals surface area contributed by atoms with Crippen LogP contribution in [0, 0.1) is 17.6 Å². The molecule has 2 aromatic carbocycles. The van der Waals surface area contributed by atoms with E-state index in [9.17, 15) is 31.6 Å². The third-order valence-electron chi connectivity index (χ3n) is 4.53. The lowest BCUT2D eigenvalue weighted by Crippen LogP contribution is -2.47. The maximum absolute atomic E-state index is 13.9. The Kier molecular flexibility index (Phi) is 8.26. The van der Waals surface area contributed by atoms with Crippen molar-refractivity contribution in [3.63, 3.8) is 0 Å². The standard InChI is InChI=1S/C22H24F2N2O6S/c1-12(2)19(25-21(28)18-16(23)6-5-7-17(18)24)22(29)32-13(3)20(27)14-8-10-15(11-9-14)26-33(4,30)31/h5-13,19,26H,1-4H3,(H,25,28). The van der Waals surface area contributed by atoms with Crippen molar-refractivity contribution >= 4 is 33.4 Å². The molecular weight excluding hydrogens is 458 g/mol. The van der Waals surface area contributed by atoms with Crippen molar-refractivity contribution in [2.24, 2.45) is 5.92 Å². The van der Waals surface area contributed by atoms with Crippen molar-refractivity contribution in [3.8, 4) is 0 Å². The molecule has 2 atom stereocenters. The molecule has 11 heteroatoms. The molecule has 8 nitrogen and oxygen atoms in total. The highest BCUT2D eigenvalue weighted by molar-refractivity contribution is 7.92. The Bertz CT molecular complexity index is 1130. The van der Waals surface area contributed by atoms with Crippen molar-refractivity contribution < 1.29 is 36.3 Å². The number of rotatable bonds is 9. The lowest BCUT2D eigenvalue weighted by atomic mass is 10.0. The smallest absolute Gasteiger partial charge is 0.329 e. The molecule has 2 unspecified atom stereocenters. The van der Waals surface area contributed by atoms with Crippen LogP contribution in [0.5, 0.6) is 0 Å². The van der Waals surface area contributed by atoms with E-state index in [1.807, 2.05) is 0 Å². The molecular formula is C22H24F2N2O6S. The van der Waals surface area contributed by atoms with Crippen LogP contribution in [0.1, 0.15) is 41.5 Å². The van der Waals surface area contributed by atoms with E-state index in [4.69, 9.17) is 4.74 Å². The third kappa shape index (κ3) is 7.07. The zero-order valence-corrected chi connectivity index (χ0v) is 19.2. The van der Waals surface area contributed by atoms with E-state index in [1.165, 1.54) is 31.2 Å². The molecule has 0 fully saturated rings. The minimum atomic E-state index is -3.48. The van der Waals surface area contributed by atoms with Gasteiger partial charge in [-0.15, -0.1) is 0 Å². The molecule has 0 saturated heterocycles. The van der Waals surface area contributed by atoms with Crippen molar-refractivity contribution in [1.29, 1.82) is 0 Å². The average Bonchev–Trinajstić information content (AvgIpc) is 2.70. The first-order valence-corrected chi connectivity index (χ1v) is 11.8. The van der Waals surface area contributed by atoms with Crippen molar-refractivity contribution in [2.75, 3.05) is 11.0 Å². The molecule has 33 heavy (non-hydrogen) atoms. The molecule has 0 aliphatic rings. The van der Waals surface area contributed by atoms with Gasteiger partial charge in [0.2, 0.25) is 15.8 Å². The summed E-state index contributed by atoms with van der Waals surface area (Å²) in [5.41, 5.74) is -0.419. The molecule has 2 N–H and O–H groups in total. The van der Waals surface area contributed by atoms with E-state index in [0.717, 1.165) is 24.5 Å². The van der Waals surface area contributed by atoms with E-state index >= 15 is 0 Å². The van der Waals surface area contributed by atoms with Gasteiger partial charge in [0, 0.05) is 11.3 Å². The van der Waals surface area contributed by atoms with Gasteiger partial charge in [-0.2, -0.15) is 0 Å². The molecule has 0 saturated carbocycles. The number of hydrogen-bond donors (Lipinski definition) is 2. The van der Waals surface area contributed by atoms with Crippen molar-refractivity contribution in [1.82, 2.24) is 5.32 Å². The molecule has 2 rings (SSSR count). The Labute approximate surface area is 190 Å². The molecule has 0 radical (unpaired) electrons.